The van der Waals surface area contributed by atoms with Gasteiger partial charge in [0, 0.05) is 19.0 Å². The van der Waals surface area contributed by atoms with Crippen molar-refractivity contribution in [3.05, 3.63) is 0 Å². The van der Waals surface area contributed by atoms with Crippen LogP contribution < -0.4 is 16.0 Å². The van der Waals surface area contributed by atoms with Gasteiger partial charge in [0.1, 0.15) is 0 Å². The van der Waals surface area contributed by atoms with E-state index >= 15 is 0 Å². The van der Waals surface area contributed by atoms with Crippen molar-refractivity contribution in [1.29, 1.82) is 0 Å². The molecule has 5 nitrogen and oxygen atoms in total. The van der Waals surface area contributed by atoms with Gasteiger partial charge in [-0.2, -0.15) is 0 Å². The summed E-state index contributed by atoms with van der Waals surface area (Å²) >= 11 is 0. The third-order valence-corrected chi connectivity index (χ3v) is 4.01. The van der Waals surface area contributed by atoms with Gasteiger partial charge in [0.15, 0.2) is 0 Å². The molecule has 1 heterocycles. The summed E-state index contributed by atoms with van der Waals surface area (Å²) < 4.78 is 0. The lowest BCUT2D eigenvalue weighted by atomic mass is 9.91. The molecule has 108 valence electrons. The van der Waals surface area contributed by atoms with E-state index < -0.39 is 0 Å². The topological polar surface area (TPSA) is 70.2 Å². The van der Waals surface area contributed by atoms with Gasteiger partial charge in [-0.15, -0.1) is 0 Å². The van der Waals surface area contributed by atoms with E-state index in [-0.39, 0.29) is 23.3 Å². The number of carbonyl (C=O) groups excluding carboxylic acids is 2. The second-order valence-electron chi connectivity index (χ2n) is 5.68. The number of nitrogens with one attached hydrogen (secondary N) is 3. The molecule has 3 N–H and O–H groups in total. The molecule has 2 fully saturated rings. The first kappa shape index (κ1) is 14.3. The molecule has 1 unspecified atom stereocenters. The van der Waals surface area contributed by atoms with Crippen LogP contribution in [0, 0.1) is 5.92 Å². The fourth-order valence-electron chi connectivity index (χ4n) is 2.77. The molecule has 19 heavy (non-hydrogen) atoms. The molecule has 1 atom stereocenters. The summed E-state index contributed by atoms with van der Waals surface area (Å²) in [6, 6.07) is 0. The van der Waals surface area contributed by atoms with Crippen LogP contribution in [-0.4, -0.2) is 37.0 Å². The first-order valence-electron chi connectivity index (χ1n) is 7.49. The monoisotopic (exact) mass is 267 g/mol. The van der Waals surface area contributed by atoms with Gasteiger partial charge >= 0.3 is 0 Å². The maximum absolute atomic E-state index is 12.3. The molecule has 1 aliphatic heterocycles. The van der Waals surface area contributed by atoms with Gasteiger partial charge in [-0.25, -0.2) is 0 Å². The van der Waals surface area contributed by atoms with E-state index in [1.165, 1.54) is 0 Å². The molecule has 2 rings (SSSR count). The average molecular weight is 267 g/mol. The van der Waals surface area contributed by atoms with E-state index in [9.17, 15) is 9.59 Å². The SMILES string of the molecule is CCCC1(C(=O)NCCNC(=O)C2CC2)CCCN1. The summed E-state index contributed by atoms with van der Waals surface area (Å²) in [5, 5.41) is 9.16. The van der Waals surface area contributed by atoms with Crippen LogP contribution in [0.15, 0.2) is 0 Å². The van der Waals surface area contributed by atoms with Gasteiger partial charge in [-0.05, 0) is 38.6 Å². The molecule has 0 radical (unpaired) electrons. The molecule has 0 aromatic rings. The predicted molar refractivity (Wildman–Crippen MR) is 73.6 cm³/mol. The Morgan fingerprint density at radius 3 is 2.58 bits per heavy atom. The highest BCUT2D eigenvalue weighted by molar-refractivity contribution is 5.86. The number of amides is 2. The fourth-order valence-corrected chi connectivity index (χ4v) is 2.77. The molecule has 5 heteroatoms. The third kappa shape index (κ3) is 3.69. The highest BCUT2D eigenvalue weighted by Gasteiger charge is 2.39. The minimum absolute atomic E-state index is 0.0903. The Labute approximate surface area is 114 Å². The number of hydrogen-bond donors (Lipinski definition) is 3. The van der Waals surface area contributed by atoms with Gasteiger partial charge < -0.3 is 16.0 Å². The van der Waals surface area contributed by atoms with Crippen LogP contribution in [0.4, 0.5) is 0 Å². The van der Waals surface area contributed by atoms with Crippen LogP contribution in [0.1, 0.15) is 45.4 Å². The fraction of sp³-hybridized carbons (Fsp3) is 0.857. The Hall–Kier alpha value is -1.10. The Morgan fingerprint density at radius 1 is 1.26 bits per heavy atom. The zero-order valence-electron chi connectivity index (χ0n) is 11.8. The highest BCUT2D eigenvalue weighted by atomic mass is 16.2. The first-order valence-corrected chi connectivity index (χ1v) is 7.49. The van der Waals surface area contributed by atoms with Gasteiger partial charge in [-0.1, -0.05) is 13.3 Å². The maximum atomic E-state index is 12.3. The number of rotatable bonds is 7. The van der Waals surface area contributed by atoms with Crippen molar-refractivity contribution in [2.24, 2.45) is 5.92 Å². The third-order valence-electron chi connectivity index (χ3n) is 4.01. The number of carbonyl (C=O) groups is 2. The van der Waals surface area contributed by atoms with Crippen LogP contribution in [0.5, 0.6) is 0 Å². The molecule has 1 saturated heterocycles. The van der Waals surface area contributed by atoms with Crippen LogP contribution >= 0.6 is 0 Å². The maximum Gasteiger partial charge on any atom is 0.240 e. The lowest BCUT2D eigenvalue weighted by molar-refractivity contribution is -0.128. The Morgan fingerprint density at radius 2 is 2.00 bits per heavy atom. The molecule has 0 aromatic carbocycles. The summed E-state index contributed by atoms with van der Waals surface area (Å²) in [6.45, 7) is 4.07. The molecule has 0 spiro atoms. The zero-order valence-corrected chi connectivity index (χ0v) is 11.8. The lowest BCUT2D eigenvalue weighted by Gasteiger charge is -2.27. The second kappa shape index (κ2) is 6.37. The summed E-state index contributed by atoms with van der Waals surface area (Å²) in [4.78, 5) is 23.7. The van der Waals surface area contributed by atoms with Crippen LogP contribution in [0.3, 0.4) is 0 Å². The summed E-state index contributed by atoms with van der Waals surface area (Å²) in [6.07, 6.45) is 5.89. The van der Waals surface area contributed by atoms with Crippen LogP contribution in [0.2, 0.25) is 0 Å². The smallest absolute Gasteiger partial charge is 0.240 e. The number of hydrogen-bond acceptors (Lipinski definition) is 3. The van der Waals surface area contributed by atoms with E-state index in [0.29, 0.717) is 13.1 Å². The Balaban J connectivity index is 1.68. The minimum atomic E-state index is -0.366. The summed E-state index contributed by atoms with van der Waals surface area (Å²) in [5.74, 6) is 0.461. The van der Waals surface area contributed by atoms with Gasteiger partial charge in [0.05, 0.1) is 5.54 Å². The summed E-state index contributed by atoms with van der Waals surface area (Å²) in [7, 11) is 0. The van der Waals surface area contributed by atoms with Gasteiger partial charge in [0.25, 0.3) is 0 Å². The quantitative estimate of drug-likeness (QED) is 0.590. The second-order valence-corrected chi connectivity index (χ2v) is 5.68. The molecular formula is C14H25N3O2. The molecule has 0 aromatic heterocycles. The lowest BCUT2D eigenvalue weighted by Crippen LogP contribution is -2.54. The van der Waals surface area contributed by atoms with Crippen molar-refractivity contribution in [2.45, 2.75) is 51.0 Å². The summed E-state index contributed by atoms with van der Waals surface area (Å²) in [5.41, 5.74) is -0.366. The van der Waals surface area contributed by atoms with Crippen molar-refractivity contribution in [1.82, 2.24) is 16.0 Å². The molecule has 2 amide bonds. The van der Waals surface area contributed by atoms with E-state index in [0.717, 1.165) is 45.1 Å². The largest absolute Gasteiger partial charge is 0.354 e. The molecular weight excluding hydrogens is 242 g/mol. The van der Waals surface area contributed by atoms with E-state index in [1.807, 2.05) is 0 Å². The van der Waals surface area contributed by atoms with Crippen molar-refractivity contribution < 1.29 is 9.59 Å². The van der Waals surface area contributed by atoms with E-state index in [1.54, 1.807) is 0 Å². The van der Waals surface area contributed by atoms with Gasteiger partial charge in [-0.3, -0.25) is 9.59 Å². The Kier molecular flexibility index (Phi) is 4.80. The molecule has 2 aliphatic rings. The van der Waals surface area contributed by atoms with Crippen LogP contribution in [0.25, 0.3) is 0 Å². The minimum Gasteiger partial charge on any atom is -0.354 e. The van der Waals surface area contributed by atoms with E-state index in [4.69, 9.17) is 0 Å². The average Bonchev–Trinajstić information content (AvgIpc) is 3.15. The normalized spacial score (nSPS) is 26.2. The highest BCUT2D eigenvalue weighted by Crippen LogP contribution is 2.28. The Bertz CT molecular complexity index is 334. The van der Waals surface area contributed by atoms with Gasteiger partial charge in [0.2, 0.25) is 11.8 Å². The zero-order chi connectivity index (χ0) is 13.7. The van der Waals surface area contributed by atoms with Crippen molar-refractivity contribution in [3.63, 3.8) is 0 Å². The predicted octanol–water partition coefficient (Wildman–Crippen LogP) is 0.551. The molecule has 1 aliphatic carbocycles. The van der Waals surface area contributed by atoms with Crippen LogP contribution in [-0.2, 0) is 9.59 Å². The van der Waals surface area contributed by atoms with E-state index in [2.05, 4.69) is 22.9 Å². The standard InChI is InChI=1S/C14H25N3O2/c1-2-6-14(7-3-8-17-14)13(19)16-10-9-15-12(18)11-4-5-11/h11,17H,2-10H2,1H3,(H,15,18)(H,16,19). The van der Waals surface area contributed by atoms with Crippen molar-refractivity contribution in [2.75, 3.05) is 19.6 Å². The molecule has 0 bridgehead atoms. The van der Waals surface area contributed by atoms with Crippen molar-refractivity contribution >= 4 is 11.8 Å². The molecule has 1 saturated carbocycles. The first-order chi connectivity index (χ1) is 9.18. The van der Waals surface area contributed by atoms with Crippen molar-refractivity contribution in [3.8, 4) is 0 Å².